The first-order chi connectivity index (χ1) is 15.8. The van der Waals surface area contributed by atoms with Crippen molar-refractivity contribution in [2.75, 3.05) is 4.90 Å². The molecule has 0 saturated carbocycles. The number of rotatable bonds is 1. The van der Waals surface area contributed by atoms with Gasteiger partial charge in [-0.1, -0.05) is 54.9 Å². The molecule has 0 saturated heterocycles. The molecule has 2 amide bonds. The number of halogens is 1. The van der Waals surface area contributed by atoms with Crippen LogP contribution in [-0.4, -0.2) is 16.8 Å². The van der Waals surface area contributed by atoms with Crippen LogP contribution in [0.4, 0.5) is 5.69 Å². The van der Waals surface area contributed by atoms with E-state index in [1.807, 2.05) is 42.5 Å². The SMILES string of the molecule is CC(C)(C)C1CCc2c(c3c(c4[nH]c5ccc(Br)cc5c24)C(=O)N(c2ccccc2)C3=O)C1. The average molecular weight is 501 g/mol. The molecule has 6 rings (SSSR count). The second-order valence-corrected chi connectivity index (χ2v) is 11.3. The highest BCUT2D eigenvalue weighted by Gasteiger charge is 2.44. The van der Waals surface area contributed by atoms with Crippen molar-refractivity contribution in [2.24, 2.45) is 11.3 Å². The van der Waals surface area contributed by atoms with Crippen molar-refractivity contribution in [3.05, 3.63) is 75.3 Å². The third-order valence-corrected chi connectivity index (χ3v) is 7.99. The predicted octanol–water partition coefficient (Wildman–Crippen LogP) is 7.04. The topological polar surface area (TPSA) is 53.2 Å². The Morgan fingerprint density at radius 3 is 2.42 bits per heavy atom. The summed E-state index contributed by atoms with van der Waals surface area (Å²) in [7, 11) is 0. The molecule has 0 fully saturated rings. The Bertz CT molecular complexity index is 1480. The zero-order chi connectivity index (χ0) is 23.1. The molecule has 33 heavy (non-hydrogen) atoms. The van der Waals surface area contributed by atoms with E-state index in [1.54, 1.807) is 0 Å². The number of H-pyrrole nitrogens is 1. The van der Waals surface area contributed by atoms with Gasteiger partial charge in [0.1, 0.15) is 0 Å². The van der Waals surface area contributed by atoms with Crippen LogP contribution in [0, 0.1) is 11.3 Å². The van der Waals surface area contributed by atoms with Gasteiger partial charge < -0.3 is 4.98 Å². The van der Waals surface area contributed by atoms with Crippen LogP contribution in [0.2, 0.25) is 0 Å². The van der Waals surface area contributed by atoms with Crippen LogP contribution < -0.4 is 4.90 Å². The third kappa shape index (κ3) is 2.95. The van der Waals surface area contributed by atoms with E-state index in [2.05, 4.69) is 47.8 Å². The van der Waals surface area contributed by atoms with Crippen molar-refractivity contribution in [3.63, 3.8) is 0 Å². The minimum absolute atomic E-state index is 0.132. The van der Waals surface area contributed by atoms with Crippen molar-refractivity contribution >= 4 is 55.2 Å². The molecular weight excluding hydrogens is 476 g/mol. The highest BCUT2D eigenvalue weighted by molar-refractivity contribution is 9.10. The van der Waals surface area contributed by atoms with E-state index in [4.69, 9.17) is 0 Å². The Hall–Kier alpha value is -2.92. The van der Waals surface area contributed by atoms with Crippen LogP contribution in [0.25, 0.3) is 21.8 Å². The summed E-state index contributed by atoms with van der Waals surface area (Å²) in [4.78, 5) is 32.5. The number of anilines is 1. The molecule has 0 radical (unpaired) electrons. The molecule has 5 heteroatoms. The first-order valence-electron chi connectivity index (χ1n) is 11.5. The summed E-state index contributed by atoms with van der Waals surface area (Å²) in [6, 6.07) is 15.4. The number of hydrogen-bond donors (Lipinski definition) is 1. The number of benzene rings is 3. The maximum absolute atomic E-state index is 13.8. The van der Waals surface area contributed by atoms with Gasteiger partial charge in [0.25, 0.3) is 11.8 Å². The van der Waals surface area contributed by atoms with Gasteiger partial charge in [0.15, 0.2) is 0 Å². The molecule has 166 valence electrons. The van der Waals surface area contributed by atoms with E-state index < -0.39 is 0 Å². The molecule has 1 atom stereocenters. The van der Waals surface area contributed by atoms with E-state index in [0.717, 1.165) is 51.1 Å². The summed E-state index contributed by atoms with van der Waals surface area (Å²) < 4.78 is 1.00. The minimum atomic E-state index is -0.238. The molecule has 1 aliphatic carbocycles. The fourth-order valence-corrected chi connectivity index (χ4v) is 6.09. The van der Waals surface area contributed by atoms with E-state index in [-0.39, 0.29) is 17.2 Å². The molecule has 0 spiro atoms. The van der Waals surface area contributed by atoms with Crippen molar-refractivity contribution < 1.29 is 9.59 Å². The molecule has 4 aromatic rings. The Kier molecular flexibility index (Phi) is 4.41. The summed E-state index contributed by atoms with van der Waals surface area (Å²) in [5.74, 6) is 0.0171. The number of fused-ring (bicyclic) bond motifs is 8. The first-order valence-corrected chi connectivity index (χ1v) is 12.3. The number of aryl methyl sites for hydroxylation is 1. The fraction of sp³-hybridized carbons (Fsp3) is 0.286. The van der Waals surface area contributed by atoms with Crippen LogP contribution in [0.15, 0.2) is 53.0 Å². The lowest BCUT2D eigenvalue weighted by Gasteiger charge is -2.36. The highest BCUT2D eigenvalue weighted by Crippen LogP contribution is 2.47. The van der Waals surface area contributed by atoms with Crippen molar-refractivity contribution in [1.82, 2.24) is 4.98 Å². The molecule has 2 aliphatic rings. The van der Waals surface area contributed by atoms with Crippen molar-refractivity contribution in [1.29, 1.82) is 0 Å². The standard InChI is InChI=1S/C28H25BrN2O2/c1-28(2,3)15-9-11-18-19(13-15)23-24(25-22(18)20-14-16(29)10-12-21(20)30-25)27(33)31(26(23)32)17-7-5-4-6-8-17/h4-8,10,12,14-15,30H,9,11,13H2,1-3H3. The van der Waals surface area contributed by atoms with Crippen LogP contribution in [-0.2, 0) is 12.8 Å². The van der Waals surface area contributed by atoms with E-state index >= 15 is 0 Å². The molecule has 1 aromatic heterocycles. The van der Waals surface area contributed by atoms with Crippen molar-refractivity contribution in [2.45, 2.75) is 40.0 Å². The zero-order valence-corrected chi connectivity index (χ0v) is 20.5. The molecule has 1 unspecified atom stereocenters. The van der Waals surface area contributed by atoms with Crippen LogP contribution in [0.5, 0.6) is 0 Å². The van der Waals surface area contributed by atoms with Crippen LogP contribution in [0.3, 0.4) is 0 Å². The van der Waals surface area contributed by atoms with Crippen LogP contribution in [0.1, 0.15) is 59.0 Å². The number of nitrogens with zero attached hydrogens (tertiary/aromatic N) is 1. The van der Waals surface area contributed by atoms with Gasteiger partial charge >= 0.3 is 0 Å². The number of para-hydroxylation sites is 1. The van der Waals surface area contributed by atoms with Gasteiger partial charge in [0.05, 0.1) is 22.3 Å². The monoisotopic (exact) mass is 500 g/mol. The van der Waals surface area contributed by atoms with Gasteiger partial charge in [-0.05, 0) is 72.1 Å². The summed E-state index contributed by atoms with van der Waals surface area (Å²) in [5.41, 5.74) is 5.96. The van der Waals surface area contributed by atoms with Gasteiger partial charge in [-0.25, -0.2) is 4.90 Å². The Labute approximate surface area is 201 Å². The number of hydrogen-bond acceptors (Lipinski definition) is 2. The predicted molar refractivity (Wildman–Crippen MR) is 136 cm³/mol. The number of imide groups is 1. The Balaban J connectivity index is 1.69. The van der Waals surface area contributed by atoms with Gasteiger partial charge in [0.2, 0.25) is 0 Å². The first kappa shape index (κ1) is 20.7. The molecule has 4 nitrogen and oxygen atoms in total. The van der Waals surface area contributed by atoms with E-state index in [0.29, 0.717) is 22.7 Å². The zero-order valence-electron chi connectivity index (χ0n) is 19.0. The second kappa shape index (κ2) is 7.04. The lowest BCUT2D eigenvalue weighted by Crippen LogP contribution is -2.30. The molecule has 1 N–H and O–H groups in total. The number of aromatic nitrogens is 1. The van der Waals surface area contributed by atoms with Gasteiger partial charge in [-0.2, -0.15) is 0 Å². The maximum Gasteiger partial charge on any atom is 0.268 e. The van der Waals surface area contributed by atoms with E-state index in [9.17, 15) is 9.59 Å². The Morgan fingerprint density at radius 2 is 1.70 bits per heavy atom. The average Bonchev–Trinajstić information content (AvgIpc) is 3.28. The highest BCUT2D eigenvalue weighted by atomic mass is 79.9. The summed E-state index contributed by atoms with van der Waals surface area (Å²) in [6.45, 7) is 6.81. The molecule has 0 bridgehead atoms. The fourth-order valence-electron chi connectivity index (χ4n) is 5.73. The quantitative estimate of drug-likeness (QED) is 0.285. The molecule has 2 heterocycles. The lowest BCUT2D eigenvalue weighted by molar-refractivity contribution is 0.0926. The largest absolute Gasteiger partial charge is 0.354 e. The maximum atomic E-state index is 13.8. The summed E-state index contributed by atoms with van der Waals surface area (Å²) >= 11 is 3.62. The molecular formula is C28H25BrN2O2. The third-order valence-electron chi connectivity index (χ3n) is 7.49. The van der Waals surface area contributed by atoms with Crippen molar-refractivity contribution in [3.8, 4) is 0 Å². The number of aromatic amines is 1. The van der Waals surface area contributed by atoms with Gasteiger partial charge in [-0.3, -0.25) is 9.59 Å². The lowest BCUT2D eigenvalue weighted by atomic mass is 9.69. The normalized spacial score (nSPS) is 18.3. The van der Waals surface area contributed by atoms with E-state index in [1.165, 1.54) is 10.5 Å². The van der Waals surface area contributed by atoms with Crippen LogP contribution >= 0.6 is 15.9 Å². The number of amides is 2. The minimum Gasteiger partial charge on any atom is -0.354 e. The number of carbonyl (C=O) groups is 2. The summed E-state index contributed by atoms with van der Waals surface area (Å²) in [5, 5.41) is 2.20. The van der Waals surface area contributed by atoms with Gasteiger partial charge in [-0.15, -0.1) is 0 Å². The molecule has 3 aromatic carbocycles. The Morgan fingerprint density at radius 1 is 0.970 bits per heavy atom. The summed E-state index contributed by atoms with van der Waals surface area (Å²) in [6.07, 6.45) is 2.81. The molecule has 1 aliphatic heterocycles. The smallest absolute Gasteiger partial charge is 0.268 e. The number of carbonyl (C=O) groups excluding carboxylic acids is 2. The second-order valence-electron chi connectivity index (χ2n) is 10.4. The van der Waals surface area contributed by atoms with Gasteiger partial charge in [0, 0.05) is 20.8 Å². The number of nitrogens with one attached hydrogen (secondary N) is 1.